The number of carbonyl (C=O) groups is 2. The van der Waals surface area contributed by atoms with Crippen molar-refractivity contribution >= 4 is 50.7 Å². The molecule has 1 atom stereocenters. The molecular formula is C21H19Cl2NO5S. The summed E-state index contributed by atoms with van der Waals surface area (Å²) in [7, 11) is -4.14. The minimum Gasteiger partial charge on any atom is -0.451 e. The lowest BCUT2D eigenvalue weighted by Gasteiger charge is -2.24. The molecule has 9 heteroatoms. The van der Waals surface area contributed by atoms with Crippen molar-refractivity contribution < 1.29 is 22.7 Å². The van der Waals surface area contributed by atoms with E-state index in [1.165, 1.54) is 18.2 Å². The molecule has 3 rings (SSSR count). The van der Waals surface area contributed by atoms with Crippen molar-refractivity contribution in [3.63, 3.8) is 0 Å². The molecule has 0 radical (unpaired) electrons. The van der Waals surface area contributed by atoms with Gasteiger partial charge in [0.2, 0.25) is 0 Å². The van der Waals surface area contributed by atoms with Gasteiger partial charge < -0.3 is 4.74 Å². The molecule has 0 aromatic heterocycles. The van der Waals surface area contributed by atoms with Gasteiger partial charge >= 0.3 is 5.97 Å². The Morgan fingerprint density at radius 2 is 1.90 bits per heavy atom. The molecule has 1 aliphatic rings. The van der Waals surface area contributed by atoms with E-state index in [1.807, 2.05) is 0 Å². The average Bonchev–Trinajstić information content (AvgIpc) is 3.11. The van der Waals surface area contributed by atoms with E-state index in [2.05, 4.69) is 6.58 Å². The number of hydrogen-bond acceptors (Lipinski definition) is 5. The van der Waals surface area contributed by atoms with Gasteiger partial charge in [0.25, 0.3) is 10.0 Å². The number of rotatable bonds is 7. The van der Waals surface area contributed by atoms with E-state index >= 15 is 0 Å². The highest BCUT2D eigenvalue weighted by atomic mass is 35.5. The fourth-order valence-corrected chi connectivity index (χ4v) is 5.18. The lowest BCUT2D eigenvalue weighted by Crippen LogP contribution is -2.31. The Balaban J connectivity index is 1.96. The highest BCUT2D eigenvalue weighted by molar-refractivity contribution is 7.93. The molecule has 0 bridgehead atoms. The van der Waals surface area contributed by atoms with Gasteiger partial charge in [0, 0.05) is 11.4 Å². The Labute approximate surface area is 185 Å². The topological polar surface area (TPSA) is 80.8 Å². The third-order valence-corrected chi connectivity index (χ3v) is 7.17. The van der Waals surface area contributed by atoms with Crippen LogP contribution in [0.25, 0.3) is 0 Å². The van der Waals surface area contributed by atoms with E-state index in [0.29, 0.717) is 30.0 Å². The summed E-state index contributed by atoms with van der Waals surface area (Å²) in [6.07, 6.45) is 2.14. The molecule has 2 aromatic rings. The summed E-state index contributed by atoms with van der Waals surface area (Å²) in [6.45, 7) is 3.59. The van der Waals surface area contributed by atoms with Crippen molar-refractivity contribution in [2.45, 2.75) is 30.3 Å². The molecule has 0 saturated heterocycles. The Hall–Kier alpha value is -2.35. The standard InChI is InChI=1S/C21H19Cl2NO5S/c1-2-12-24(16-9-7-15(22)8-10-16)30(27,28)20-13-14(6-11-17(20)23)21(26)29-19-5-3-4-18(19)25/h2,6-11,13,19H,1,3-5,12H2/t19-/m0/s1. The van der Waals surface area contributed by atoms with Crippen molar-refractivity contribution in [2.24, 2.45) is 0 Å². The lowest BCUT2D eigenvalue weighted by molar-refractivity contribution is -0.124. The maximum absolute atomic E-state index is 13.4. The zero-order chi connectivity index (χ0) is 21.9. The number of ether oxygens (including phenoxy) is 1. The van der Waals surface area contributed by atoms with Gasteiger partial charge in [-0.1, -0.05) is 29.3 Å². The van der Waals surface area contributed by atoms with Gasteiger partial charge in [0.05, 0.1) is 22.8 Å². The minimum absolute atomic E-state index is 0.00710. The molecule has 0 unspecified atom stereocenters. The van der Waals surface area contributed by atoms with Gasteiger partial charge in [-0.05, 0) is 55.3 Å². The molecular weight excluding hydrogens is 449 g/mol. The van der Waals surface area contributed by atoms with E-state index in [4.69, 9.17) is 27.9 Å². The van der Waals surface area contributed by atoms with E-state index in [0.717, 1.165) is 10.4 Å². The lowest BCUT2D eigenvalue weighted by atomic mass is 10.2. The normalized spacial score (nSPS) is 16.3. The number of anilines is 1. The number of esters is 1. The van der Waals surface area contributed by atoms with Crippen molar-refractivity contribution in [2.75, 3.05) is 10.8 Å². The summed E-state index contributed by atoms with van der Waals surface area (Å²) >= 11 is 12.1. The van der Waals surface area contributed by atoms with Crippen LogP contribution in [-0.4, -0.2) is 32.8 Å². The largest absolute Gasteiger partial charge is 0.451 e. The molecule has 30 heavy (non-hydrogen) atoms. The molecule has 0 aliphatic heterocycles. The van der Waals surface area contributed by atoms with E-state index in [-0.39, 0.29) is 27.8 Å². The summed E-state index contributed by atoms with van der Waals surface area (Å²) in [5, 5.41) is 0.408. The van der Waals surface area contributed by atoms with Gasteiger partial charge in [-0.15, -0.1) is 6.58 Å². The minimum atomic E-state index is -4.14. The summed E-state index contributed by atoms with van der Waals surface area (Å²) in [5.74, 6) is -0.907. The number of ketones is 1. The summed E-state index contributed by atoms with van der Waals surface area (Å²) in [4.78, 5) is 24.0. The molecule has 0 N–H and O–H groups in total. The highest BCUT2D eigenvalue weighted by Gasteiger charge is 2.31. The Morgan fingerprint density at radius 3 is 2.50 bits per heavy atom. The number of halogens is 2. The van der Waals surface area contributed by atoms with Gasteiger partial charge in [0.15, 0.2) is 11.9 Å². The molecule has 1 saturated carbocycles. The fraction of sp³-hybridized carbons (Fsp3) is 0.238. The number of carbonyl (C=O) groups excluding carboxylic acids is 2. The zero-order valence-corrected chi connectivity index (χ0v) is 18.2. The van der Waals surface area contributed by atoms with Crippen LogP contribution in [0, 0.1) is 0 Å². The summed E-state index contributed by atoms with van der Waals surface area (Å²) in [6, 6.07) is 10.1. The third-order valence-electron chi connectivity index (χ3n) is 4.64. The van der Waals surface area contributed by atoms with Gasteiger partial charge in [-0.25, -0.2) is 13.2 Å². The SMILES string of the molecule is C=CCN(c1ccc(Cl)cc1)S(=O)(=O)c1cc(C(=O)O[C@H]2CCCC2=O)ccc1Cl. The molecule has 158 valence electrons. The first-order chi connectivity index (χ1) is 14.2. The first-order valence-corrected chi connectivity index (χ1v) is 11.4. The van der Waals surface area contributed by atoms with Gasteiger partial charge in [0.1, 0.15) is 4.90 Å². The first-order valence-electron chi connectivity index (χ1n) is 9.16. The summed E-state index contributed by atoms with van der Waals surface area (Å²) < 4.78 is 33.1. The van der Waals surface area contributed by atoms with Crippen LogP contribution in [0.4, 0.5) is 5.69 Å². The molecule has 6 nitrogen and oxygen atoms in total. The highest BCUT2D eigenvalue weighted by Crippen LogP contribution is 2.30. The molecule has 0 amide bonds. The van der Waals surface area contributed by atoms with E-state index < -0.39 is 22.1 Å². The third kappa shape index (κ3) is 4.69. The van der Waals surface area contributed by atoms with Crippen LogP contribution in [0.2, 0.25) is 10.0 Å². The maximum Gasteiger partial charge on any atom is 0.338 e. The van der Waals surface area contributed by atoms with E-state index in [1.54, 1.807) is 24.3 Å². The summed E-state index contributed by atoms with van der Waals surface area (Å²) in [5.41, 5.74) is 0.354. The Morgan fingerprint density at radius 1 is 1.20 bits per heavy atom. The van der Waals surface area contributed by atoms with Crippen molar-refractivity contribution in [1.29, 1.82) is 0 Å². The zero-order valence-electron chi connectivity index (χ0n) is 15.9. The van der Waals surface area contributed by atoms with E-state index in [9.17, 15) is 18.0 Å². The van der Waals surface area contributed by atoms with Crippen LogP contribution in [0.3, 0.4) is 0 Å². The van der Waals surface area contributed by atoms with Crippen LogP contribution in [-0.2, 0) is 19.6 Å². The number of hydrogen-bond donors (Lipinski definition) is 0. The number of benzene rings is 2. The molecule has 0 heterocycles. The van der Waals surface area contributed by atoms with Crippen molar-refractivity contribution in [3.05, 3.63) is 70.7 Å². The van der Waals surface area contributed by atoms with Gasteiger partial charge in [-0.3, -0.25) is 9.10 Å². The number of nitrogens with zero attached hydrogens (tertiary/aromatic N) is 1. The van der Waals surface area contributed by atoms with Crippen molar-refractivity contribution in [1.82, 2.24) is 0 Å². The van der Waals surface area contributed by atoms with Crippen LogP contribution >= 0.6 is 23.2 Å². The van der Waals surface area contributed by atoms with Crippen LogP contribution in [0.5, 0.6) is 0 Å². The first kappa shape index (κ1) is 22.3. The second kappa shape index (κ2) is 9.20. The quantitative estimate of drug-likeness (QED) is 0.437. The molecule has 2 aromatic carbocycles. The number of Topliss-reactive ketones (excluding diaryl/α,β-unsaturated/α-hetero) is 1. The van der Waals surface area contributed by atoms with Crippen LogP contribution in [0.15, 0.2) is 60.0 Å². The second-order valence-electron chi connectivity index (χ2n) is 6.70. The predicted molar refractivity (Wildman–Crippen MR) is 116 cm³/mol. The molecule has 1 aliphatic carbocycles. The van der Waals surface area contributed by atoms with Crippen LogP contribution in [0.1, 0.15) is 29.6 Å². The maximum atomic E-state index is 13.4. The monoisotopic (exact) mass is 467 g/mol. The van der Waals surface area contributed by atoms with Crippen LogP contribution < -0.4 is 4.31 Å². The van der Waals surface area contributed by atoms with Crippen molar-refractivity contribution in [3.8, 4) is 0 Å². The van der Waals surface area contributed by atoms with Gasteiger partial charge in [-0.2, -0.15) is 0 Å². The fourth-order valence-electron chi connectivity index (χ4n) is 3.12. The average molecular weight is 468 g/mol. The molecule has 0 spiro atoms. The Kier molecular flexibility index (Phi) is 6.85. The smallest absolute Gasteiger partial charge is 0.338 e. The Bertz CT molecular complexity index is 1080. The number of sulfonamides is 1. The molecule has 1 fully saturated rings. The predicted octanol–water partition coefficient (Wildman–Crippen LogP) is 4.65. The second-order valence-corrected chi connectivity index (χ2v) is 9.37.